The zero-order valence-corrected chi connectivity index (χ0v) is 12.7. The first-order valence-corrected chi connectivity index (χ1v) is 7.51. The quantitative estimate of drug-likeness (QED) is 0.863. The Bertz CT molecular complexity index is 607. The Hall–Kier alpha value is -2.10. The maximum atomic E-state index is 5.93. The van der Waals surface area contributed by atoms with Gasteiger partial charge in [0.05, 0.1) is 0 Å². The van der Waals surface area contributed by atoms with Gasteiger partial charge in [0.1, 0.15) is 6.61 Å². The molecule has 3 rings (SSSR count). The fraction of sp³-hybridized carbons (Fsp3) is 0.412. The van der Waals surface area contributed by atoms with E-state index in [1.54, 1.807) is 0 Å². The van der Waals surface area contributed by atoms with Crippen LogP contribution >= 0.6 is 0 Å². The van der Waals surface area contributed by atoms with Gasteiger partial charge in [-0.25, -0.2) is 4.98 Å². The molecule has 0 amide bonds. The van der Waals surface area contributed by atoms with Crippen LogP contribution in [0.1, 0.15) is 29.7 Å². The van der Waals surface area contributed by atoms with Crippen LogP contribution in [-0.2, 0) is 6.61 Å². The van der Waals surface area contributed by atoms with Gasteiger partial charge in [0.15, 0.2) is 0 Å². The number of rotatable bonds is 4. The molecular weight excluding hydrogens is 262 g/mol. The number of hydrogen-bond acceptors (Lipinski definition) is 4. The third kappa shape index (κ3) is 3.15. The molecule has 2 aromatic rings. The van der Waals surface area contributed by atoms with Crippen molar-refractivity contribution >= 4 is 5.95 Å². The normalized spacial score (nSPS) is 14.5. The molecule has 4 nitrogen and oxygen atoms in total. The van der Waals surface area contributed by atoms with Crippen LogP contribution in [0.3, 0.4) is 0 Å². The van der Waals surface area contributed by atoms with E-state index >= 15 is 0 Å². The van der Waals surface area contributed by atoms with Gasteiger partial charge >= 0.3 is 0 Å². The van der Waals surface area contributed by atoms with Crippen molar-refractivity contribution in [2.75, 3.05) is 18.0 Å². The summed E-state index contributed by atoms with van der Waals surface area (Å²) in [5.74, 6) is 1.51. The summed E-state index contributed by atoms with van der Waals surface area (Å²) in [5, 5.41) is 0. The zero-order chi connectivity index (χ0) is 14.7. The topological polar surface area (TPSA) is 38.2 Å². The minimum atomic E-state index is 0.539. The number of nitrogens with zero attached hydrogens (tertiary/aromatic N) is 3. The summed E-state index contributed by atoms with van der Waals surface area (Å²) in [6, 6.07) is 10.2. The fourth-order valence-electron chi connectivity index (χ4n) is 2.51. The first kappa shape index (κ1) is 13.9. The van der Waals surface area contributed by atoms with Gasteiger partial charge in [-0.05, 0) is 32.3 Å². The first-order chi connectivity index (χ1) is 10.2. The molecular formula is C17H21N3O. The van der Waals surface area contributed by atoms with Gasteiger partial charge in [-0.2, -0.15) is 4.98 Å². The third-order valence-electron chi connectivity index (χ3n) is 3.94. The molecule has 2 heterocycles. The summed E-state index contributed by atoms with van der Waals surface area (Å²) in [6.45, 7) is 6.66. The van der Waals surface area contributed by atoms with Gasteiger partial charge in [0.2, 0.25) is 11.8 Å². The van der Waals surface area contributed by atoms with Crippen LogP contribution < -0.4 is 9.64 Å². The van der Waals surface area contributed by atoms with E-state index in [9.17, 15) is 0 Å². The molecule has 0 spiro atoms. The second-order valence-corrected chi connectivity index (χ2v) is 5.51. The summed E-state index contributed by atoms with van der Waals surface area (Å²) >= 11 is 0. The first-order valence-electron chi connectivity index (χ1n) is 7.51. The highest BCUT2D eigenvalue weighted by molar-refractivity contribution is 5.40. The number of anilines is 1. The highest BCUT2D eigenvalue weighted by atomic mass is 16.5. The number of benzene rings is 1. The number of aryl methyl sites for hydroxylation is 1. The van der Waals surface area contributed by atoms with E-state index in [0.29, 0.717) is 12.5 Å². The van der Waals surface area contributed by atoms with Gasteiger partial charge < -0.3 is 9.64 Å². The SMILES string of the molecule is Cc1nc(N2CCCC2)nc(OCc2ccccc2)c1C. The van der Waals surface area contributed by atoms with E-state index < -0.39 is 0 Å². The lowest BCUT2D eigenvalue weighted by Crippen LogP contribution is -2.21. The molecule has 1 aromatic heterocycles. The van der Waals surface area contributed by atoms with Crippen LogP contribution in [0.4, 0.5) is 5.95 Å². The van der Waals surface area contributed by atoms with Gasteiger partial charge in [0.25, 0.3) is 0 Å². The van der Waals surface area contributed by atoms with Crippen molar-refractivity contribution in [3.63, 3.8) is 0 Å². The fourth-order valence-corrected chi connectivity index (χ4v) is 2.51. The second-order valence-electron chi connectivity index (χ2n) is 5.51. The molecule has 1 aromatic carbocycles. The number of hydrogen-bond donors (Lipinski definition) is 0. The molecule has 1 aliphatic rings. The van der Waals surface area contributed by atoms with E-state index in [-0.39, 0.29) is 0 Å². The molecule has 0 bridgehead atoms. The Morgan fingerprint density at radius 1 is 1.05 bits per heavy atom. The van der Waals surface area contributed by atoms with Crippen LogP contribution in [0.2, 0.25) is 0 Å². The summed E-state index contributed by atoms with van der Waals surface area (Å²) in [6.07, 6.45) is 2.44. The van der Waals surface area contributed by atoms with Crippen LogP contribution in [-0.4, -0.2) is 23.1 Å². The Balaban J connectivity index is 1.80. The molecule has 1 fully saturated rings. The minimum Gasteiger partial charge on any atom is -0.472 e. The number of ether oxygens (including phenoxy) is 1. The van der Waals surface area contributed by atoms with E-state index in [1.165, 1.54) is 12.8 Å². The van der Waals surface area contributed by atoms with Crippen molar-refractivity contribution in [3.05, 3.63) is 47.2 Å². The largest absolute Gasteiger partial charge is 0.472 e. The highest BCUT2D eigenvalue weighted by Gasteiger charge is 2.18. The van der Waals surface area contributed by atoms with Crippen LogP contribution in [0.5, 0.6) is 5.88 Å². The minimum absolute atomic E-state index is 0.539. The molecule has 4 heteroatoms. The Labute approximate surface area is 125 Å². The van der Waals surface area contributed by atoms with Gasteiger partial charge in [-0.3, -0.25) is 0 Å². The van der Waals surface area contributed by atoms with Gasteiger partial charge in [-0.1, -0.05) is 30.3 Å². The Morgan fingerprint density at radius 2 is 1.76 bits per heavy atom. The number of aromatic nitrogens is 2. The van der Waals surface area contributed by atoms with Crippen molar-refractivity contribution in [2.24, 2.45) is 0 Å². The summed E-state index contributed by atoms with van der Waals surface area (Å²) in [7, 11) is 0. The zero-order valence-electron chi connectivity index (χ0n) is 12.7. The van der Waals surface area contributed by atoms with Crippen LogP contribution in [0, 0.1) is 13.8 Å². The molecule has 0 saturated carbocycles. The average Bonchev–Trinajstić information content (AvgIpc) is 3.04. The predicted molar refractivity (Wildman–Crippen MR) is 83.7 cm³/mol. The lowest BCUT2D eigenvalue weighted by atomic mass is 10.2. The molecule has 21 heavy (non-hydrogen) atoms. The second kappa shape index (κ2) is 6.12. The van der Waals surface area contributed by atoms with E-state index in [0.717, 1.165) is 35.9 Å². The smallest absolute Gasteiger partial charge is 0.228 e. The Morgan fingerprint density at radius 3 is 2.48 bits per heavy atom. The van der Waals surface area contributed by atoms with Crippen molar-refractivity contribution < 1.29 is 4.74 Å². The van der Waals surface area contributed by atoms with Crippen molar-refractivity contribution in [1.29, 1.82) is 0 Å². The van der Waals surface area contributed by atoms with Crippen LogP contribution in [0.15, 0.2) is 30.3 Å². The summed E-state index contributed by atoms with van der Waals surface area (Å²) < 4.78 is 5.93. The van der Waals surface area contributed by atoms with Gasteiger partial charge in [0, 0.05) is 24.3 Å². The third-order valence-corrected chi connectivity index (χ3v) is 3.94. The molecule has 0 radical (unpaired) electrons. The van der Waals surface area contributed by atoms with Crippen molar-refractivity contribution in [1.82, 2.24) is 9.97 Å². The Kier molecular flexibility index (Phi) is 4.04. The molecule has 0 unspecified atom stereocenters. The highest BCUT2D eigenvalue weighted by Crippen LogP contribution is 2.24. The maximum Gasteiger partial charge on any atom is 0.228 e. The summed E-state index contributed by atoms with van der Waals surface area (Å²) in [4.78, 5) is 11.5. The predicted octanol–water partition coefficient (Wildman–Crippen LogP) is 3.27. The van der Waals surface area contributed by atoms with E-state index in [1.807, 2.05) is 32.0 Å². The lowest BCUT2D eigenvalue weighted by Gasteiger charge is -2.18. The summed E-state index contributed by atoms with van der Waals surface area (Å²) in [5.41, 5.74) is 3.17. The standard InChI is InChI=1S/C17H21N3O/c1-13-14(2)18-17(20-10-6-7-11-20)19-16(13)21-12-15-8-4-3-5-9-15/h3-5,8-9H,6-7,10-12H2,1-2H3. The van der Waals surface area contributed by atoms with E-state index in [4.69, 9.17) is 4.74 Å². The lowest BCUT2D eigenvalue weighted by molar-refractivity contribution is 0.290. The molecule has 110 valence electrons. The van der Waals surface area contributed by atoms with Crippen molar-refractivity contribution in [3.8, 4) is 5.88 Å². The van der Waals surface area contributed by atoms with E-state index in [2.05, 4.69) is 27.0 Å². The average molecular weight is 283 g/mol. The maximum absolute atomic E-state index is 5.93. The molecule has 0 aliphatic carbocycles. The molecule has 0 atom stereocenters. The monoisotopic (exact) mass is 283 g/mol. The molecule has 0 N–H and O–H groups in total. The van der Waals surface area contributed by atoms with Crippen molar-refractivity contribution in [2.45, 2.75) is 33.3 Å². The molecule has 1 aliphatic heterocycles. The molecule has 1 saturated heterocycles. The van der Waals surface area contributed by atoms with Gasteiger partial charge in [-0.15, -0.1) is 0 Å². The van der Waals surface area contributed by atoms with Crippen LogP contribution in [0.25, 0.3) is 0 Å².